The molecule has 0 aliphatic heterocycles. The molecule has 0 heterocycles. The zero-order valence-corrected chi connectivity index (χ0v) is 23.6. The number of aliphatic hydroxyl groups is 3. The van der Waals surface area contributed by atoms with Crippen molar-refractivity contribution in [3.8, 4) is 0 Å². The first kappa shape index (κ1) is 37.3. The summed E-state index contributed by atoms with van der Waals surface area (Å²) >= 11 is 0. The van der Waals surface area contributed by atoms with Crippen molar-refractivity contribution in [3.63, 3.8) is 0 Å². The molecule has 0 aromatic heterocycles. The highest BCUT2D eigenvalue weighted by molar-refractivity contribution is 5.55. The average Bonchev–Trinajstić information content (AvgIpc) is 2.86. The summed E-state index contributed by atoms with van der Waals surface area (Å²) in [5.41, 5.74) is -27.3. The lowest BCUT2D eigenvalue weighted by Gasteiger charge is -2.77. The molecule has 4 aliphatic rings. The van der Waals surface area contributed by atoms with Gasteiger partial charge in [0.1, 0.15) is 0 Å². The molecule has 3 atom stereocenters. The largest absolute Gasteiger partial charge is 0.391 e. The van der Waals surface area contributed by atoms with E-state index in [0.29, 0.717) is 0 Å². The van der Waals surface area contributed by atoms with Gasteiger partial charge in [-0.3, -0.25) is 0 Å². The first-order valence-corrected chi connectivity index (χ1v) is 13.8. The molecular formula is C25H33F13O6. The Morgan fingerprint density at radius 2 is 0.614 bits per heavy atom. The Hall–Kier alpha value is -1.15. The molecule has 3 N–H and O–H groups in total. The Labute approximate surface area is 242 Å². The highest BCUT2D eigenvalue weighted by Crippen LogP contribution is 2.88. The van der Waals surface area contributed by atoms with Crippen LogP contribution in [-0.4, -0.2) is 111 Å². The normalized spacial score (nSPS) is 38.8. The van der Waals surface area contributed by atoms with Gasteiger partial charge < -0.3 is 29.5 Å². The lowest BCUT2D eigenvalue weighted by Crippen LogP contribution is -3.12. The maximum atomic E-state index is 16.3. The fraction of sp³-hybridized carbons (Fsp3) is 1.00. The van der Waals surface area contributed by atoms with Gasteiger partial charge in [-0.1, -0.05) is 40.0 Å². The predicted octanol–water partition coefficient (Wildman–Crippen LogP) is 5.30. The summed E-state index contributed by atoms with van der Waals surface area (Å²) in [5, 5.41) is 29.7. The Balaban J connectivity index is 2.55. The Bertz CT molecular complexity index is 911. The third-order valence-electron chi connectivity index (χ3n) is 8.62. The molecule has 0 aromatic carbocycles. The van der Waals surface area contributed by atoms with Crippen molar-refractivity contribution in [2.24, 2.45) is 0 Å². The molecule has 4 rings (SSSR count). The summed E-state index contributed by atoms with van der Waals surface area (Å²) in [5.74, 6) is -43.8. The molecule has 0 spiro atoms. The maximum Gasteiger partial charge on any atom is 0.334 e. The zero-order chi connectivity index (χ0) is 34.2. The van der Waals surface area contributed by atoms with Crippen molar-refractivity contribution in [3.05, 3.63) is 0 Å². The topological polar surface area (TPSA) is 88.4 Å². The summed E-state index contributed by atoms with van der Waals surface area (Å²) in [6.07, 6.45) is -8.95. The molecule has 0 radical (unpaired) electrons. The molecule has 44 heavy (non-hydrogen) atoms. The molecule has 3 unspecified atom stereocenters. The summed E-state index contributed by atoms with van der Waals surface area (Å²) < 4.78 is 221. The van der Waals surface area contributed by atoms with Gasteiger partial charge >= 0.3 is 41.2 Å². The van der Waals surface area contributed by atoms with Crippen LogP contribution >= 0.6 is 0 Å². The molecule has 0 saturated heterocycles. The zero-order valence-electron chi connectivity index (χ0n) is 23.6. The molecule has 260 valence electrons. The van der Waals surface area contributed by atoms with Gasteiger partial charge in [-0.15, -0.1) is 0 Å². The van der Waals surface area contributed by atoms with E-state index in [1.807, 2.05) is 0 Å². The monoisotopic (exact) mass is 676 g/mol. The Morgan fingerprint density at radius 3 is 0.795 bits per heavy atom. The van der Waals surface area contributed by atoms with Crippen molar-refractivity contribution < 1.29 is 86.6 Å². The highest BCUT2D eigenvalue weighted by atomic mass is 19.3. The van der Waals surface area contributed by atoms with Crippen LogP contribution in [0.25, 0.3) is 0 Å². The lowest BCUT2D eigenvalue weighted by molar-refractivity contribution is -0.640. The summed E-state index contributed by atoms with van der Waals surface area (Å²) in [6, 6.07) is 0. The van der Waals surface area contributed by atoms with E-state index in [1.54, 1.807) is 0 Å². The van der Waals surface area contributed by atoms with Crippen molar-refractivity contribution >= 4 is 0 Å². The van der Waals surface area contributed by atoms with Gasteiger partial charge in [0, 0.05) is 0 Å². The fourth-order valence-electron chi connectivity index (χ4n) is 6.57. The van der Waals surface area contributed by atoms with E-state index in [1.165, 1.54) is 20.8 Å². The van der Waals surface area contributed by atoms with E-state index in [2.05, 4.69) is 14.2 Å². The molecule has 6 nitrogen and oxygen atoms in total. The van der Waals surface area contributed by atoms with Gasteiger partial charge in [0.05, 0.1) is 38.1 Å². The van der Waals surface area contributed by atoms with Gasteiger partial charge in [-0.05, 0) is 19.3 Å². The SMILES string of the molecule is CCCC(O)COC12C(F)(F)C3(F)C(F)(F)C(OCC(O)CCC)(C1(F)F)C(F)(F)C(OCC(O)CCC)(C3(F)F)C2(F)F. The predicted molar refractivity (Wildman–Crippen MR) is 122 cm³/mol. The second kappa shape index (κ2) is 11.0. The number of halogens is 13. The van der Waals surface area contributed by atoms with Gasteiger partial charge in [0.15, 0.2) is 0 Å². The van der Waals surface area contributed by atoms with Crippen LogP contribution in [0.2, 0.25) is 0 Å². The second-order valence-electron chi connectivity index (χ2n) is 11.4. The van der Waals surface area contributed by atoms with Crippen LogP contribution in [0.3, 0.4) is 0 Å². The Morgan fingerprint density at radius 1 is 0.409 bits per heavy atom. The van der Waals surface area contributed by atoms with Crippen LogP contribution in [-0.2, 0) is 14.2 Å². The third-order valence-corrected chi connectivity index (χ3v) is 8.62. The fourth-order valence-corrected chi connectivity index (χ4v) is 6.57. The minimum absolute atomic E-state index is 0.118. The smallest absolute Gasteiger partial charge is 0.334 e. The van der Waals surface area contributed by atoms with E-state index in [9.17, 15) is 15.3 Å². The van der Waals surface area contributed by atoms with Crippen LogP contribution in [0.5, 0.6) is 0 Å². The number of hydrogen-bond acceptors (Lipinski definition) is 6. The Kier molecular flexibility index (Phi) is 9.29. The molecule has 19 heteroatoms. The third kappa shape index (κ3) is 3.62. The number of alkyl halides is 13. The second-order valence-corrected chi connectivity index (χ2v) is 11.4. The van der Waals surface area contributed by atoms with E-state index >= 15 is 57.1 Å². The van der Waals surface area contributed by atoms with Crippen LogP contribution in [0.15, 0.2) is 0 Å². The van der Waals surface area contributed by atoms with E-state index in [4.69, 9.17) is 0 Å². The standard InChI is InChI=1S/C25H33F13O6/c1-4-7-13(39)10-42-17-20(27,28)16(26)21(29,30)18(23(17,33)34,43-11-14(40)8-5-2)25(37,38)19(22(16,31)32,24(17,35)36)44-12-15(41)9-6-3/h13-15,39-41H,4-12H2,1-3H3. The molecular weight excluding hydrogens is 643 g/mol. The van der Waals surface area contributed by atoms with Crippen LogP contribution in [0, 0.1) is 0 Å². The quantitative estimate of drug-likeness (QED) is 0.204. The van der Waals surface area contributed by atoms with E-state index < -0.39 is 115 Å². The molecule has 0 aromatic rings. The summed E-state index contributed by atoms with van der Waals surface area (Å²) in [7, 11) is 0. The van der Waals surface area contributed by atoms with Crippen LogP contribution in [0.1, 0.15) is 59.3 Å². The van der Waals surface area contributed by atoms with Crippen molar-refractivity contribution in [2.45, 2.75) is 136 Å². The van der Waals surface area contributed by atoms with Gasteiger partial charge in [0.25, 0.3) is 16.8 Å². The molecule has 4 bridgehead atoms. The summed E-state index contributed by atoms with van der Waals surface area (Å²) in [4.78, 5) is 0. The van der Waals surface area contributed by atoms with Crippen molar-refractivity contribution in [1.29, 1.82) is 0 Å². The van der Waals surface area contributed by atoms with Crippen LogP contribution < -0.4 is 0 Å². The number of rotatable bonds is 15. The van der Waals surface area contributed by atoms with E-state index in [-0.39, 0.29) is 19.3 Å². The highest BCUT2D eigenvalue weighted by Gasteiger charge is 3.22. The summed E-state index contributed by atoms with van der Waals surface area (Å²) in [6.45, 7) is -2.47. The molecule has 0 amide bonds. The first-order valence-electron chi connectivity index (χ1n) is 13.8. The number of aliphatic hydroxyl groups excluding tert-OH is 3. The number of ether oxygens (including phenoxy) is 3. The van der Waals surface area contributed by atoms with Crippen LogP contribution in [0.4, 0.5) is 57.1 Å². The van der Waals surface area contributed by atoms with E-state index in [0.717, 1.165) is 0 Å². The first-order chi connectivity index (χ1) is 19.9. The minimum Gasteiger partial charge on any atom is -0.391 e. The lowest BCUT2D eigenvalue weighted by atomic mass is 9.38. The average molecular weight is 677 g/mol. The number of hydrogen-bond donors (Lipinski definition) is 3. The molecule has 4 fully saturated rings. The van der Waals surface area contributed by atoms with Crippen molar-refractivity contribution in [2.75, 3.05) is 19.8 Å². The molecule has 4 saturated carbocycles. The minimum atomic E-state index is -7.42. The van der Waals surface area contributed by atoms with Gasteiger partial charge in [-0.2, -0.15) is 52.7 Å². The maximum absolute atomic E-state index is 16.3. The van der Waals surface area contributed by atoms with Crippen molar-refractivity contribution in [1.82, 2.24) is 0 Å². The van der Waals surface area contributed by atoms with Gasteiger partial charge in [0.2, 0.25) is 0 Å². The van der Waals surface area contributed by atoms with Gasteiger partial charge in [-0.25, -0.2) is 4.39 Å². The molecule has 4 aliphatic carbocycles.